The minimum Gasteiger partial charge on any atom is -0.482 e. The minimum atomic E-state index is -0.760. The fourth-order valence-corrected chi connectivity index (χ4v) is 2.91. The summed E-state index contributed by atoms with van der Waals surface area (Å²) in [6.45, 7) is 1.63. The number of anilines is 1. The third-order valence-corrected chi connectivity index (χ3v) is 4.46. The average molecular weight is 425 g/mol. The number of ketones is 1. The van der Waals surface area contributed by atoms with E-state index in [9.17, 15) is 19.7 Å². The minimum absolute atomic E-state index is 0.0969. The van der Waals surface area contributed by atoms with E-state index in [1.54, 1.807) is 55.5 Å². The molecule has 152 valence electrons. The number of nitrogens with one attached hydrogen (secondary N) is 1. The first-order valence-electron chi connectivity index (χ1n) is 8.96. The highest BCUT2D eigenvalue weighted by Crippen LogP contribution is 2.21. The van der Waals surface area contributed by atoms with Crippen molar-refractivity contribution in [1.29, 1.82) is 0 Å². The van der Waals surface area contributed by atoms with E-state index in [0.717, 1.165) is 0 Å². The van der Waals surface area contributed by atoms with Gasteiger partial charge in [0.1, 0.15) is 5.75 Å². The fraction of sp³-hybridized carbons (Fsp3) is 0.0909. The molecule has 0 aliphatic carbocycles. The first-order valence-corrected chi connectivity index (χ1v) is 9.33. The van der Waals surface area contributed by atoms with Crippen molar-refractivity contribution in [2.75, 3.05) is 5.32 Å². The number of hydrogen-bond donors (Lipinski definition) is 1. The smallest absolute Gasteiger partial charge is 0.269 e. The molecule has 0 fully saturated rings. The molecule has 30 heavy (non-hydrogen) atoms. The molecule has 0 aliphatic rings. The van der Waals surface area contributed by atoms with Crippen LogP contribution < -0.4 is 10.1 Å². The summed E-state index contributed by atoms with van der Waals surface area (Å²) in [5.74, 6) is -0.248. The lowest BCUT2D eigenvalue weighted by Gasteiger charge is -2.15. The number of hydrogen-bond acceptors (Lipinski definition) is 5. The van der Waals surface area contributed by atoms with Crippen LogP contribution in [0.1, 0.15) is 27.6 Å². The highest BCUT2D eigenvalue weighted by Gasteiger charge is 2.17. The number of carbonyl (C=O) groups excluding carboxylic acids is 2. The van der Waals surface area contributed by atoms with Crippen LogP contribution in [0, 0.1) is 10.1 Å². The lowest BCUT2D eigenvalue weighted by molar-refractivity contribution is -0.384. The Morgan fingerprint density at radius 2 is 1.70 bits per heavy atom. The summed E-state index contributed by atoms with van der Waals surface area (Å²) in [5.41, 5.74) is 1.08. The predicted octanol–water partition coefficient (Wildman–Crippen LogP) is 5.15. The molecule has 0 radical (unpaired) electrons. The van der Waals surface area contributed by atoms with E-state index in [1.165, 1.54) is 24.3 Å². The molecule has 7 nitrogen and oxygen atoms in total. The number of nitrogens with zero attached hydrogens (tertiary/aromatic N) is 1. The third-order valence-electron chi connectivity index (χ3n) is 4.22. The van der Waals surface area contributed by atoms with Crippen molar-refractivity contribution in [1.82, 2.24) is 0 Å². The number of halogens is 1. The zero-order chi connectivity index (χ0) is 21.7. The molecular formula is C22H17ClN2O5. The highest BCUT2D eigenvalue weighted by atomic mass is 35.5. The Kier molecular flexibility index (Phi) is 6.44. The zero-order valence-corrected chi connectivity index (χ0v) is 16.6. The third kappa shape index (κ3) is 5.21. The normalized spacial score (nSPS) is 11.4. The molecule has 3 rings (SSSR count). The van der Waals surface area contributed by atoms with Crippen LogP contribution in [-0.2, 0) is 0 Å². The van der Waals surface area contributed by atoms with Crippen molar-refractivity contribution < 1.29 is 19.2 Å². The molecule has 0 bridgehead atoms. The van der Waals surface area contributed by atoms with E-state index >= 15 is 0 Å². The number of amides is 1. The fourth-order valence-electron chi connectivity index (χ4n) is 2.72. The summed E-state index contributed by atoms with van der Waals surface area (Å²) in [5, 5.41) is 13.9. The lowest BCUT2D eigenvalue weighted by atomic mass is 10.1. The highest BCUT2D eigenvalue weighted by molar-refractivity contribution is 6.31. The second-order valence-corrected chi connectivity index (χ2v) is 6.86. The van der Waals surface area contributed by atoms with E-state index in [1.807, 2.05) is 0 Å². The van der Waals surface area contributed by atoms with Crippen LogP contribution in [-0.4, -0.2) is 22.7 Å². The first kappa shape index (κ1) is 21.0. The molecule has 0 saturated carbocycles. The van der Waals surface area contributed by atoms with Gasteiger partial charge in [-0.25, -0.2) is 0 Å². The quantitative estimate of drug-likeness (QED) is 0.321. The number of nitro benzene ring substituents is 1. The maximum absolute atomic E-state index is 12.5. The van der Waals surface area contributed by atoms with Crippen molar-refractivity contribution in [2.24, 2.45) is 0 Å². The van der Waals surface area contributed by atoms with Gasteiger partial charge in [-0.15, -0.1) is 0 Å². The Balaban J connectivity index is 1.67. The number of nitro groups is 1. The van der Waals surface area contributed by atoms with Gasteiger partial charge in [-0.05, 0) is 43.3 Å². The monoisotopic (exact) mass is 424 g/mol. The topological polar surface area (TPSA) is 98.5 Å². The van der Waals surface area contributed by atoms with Gasteiger partial charge in [0.05, 0.1) is 4.92 Å². The van der Waals surface area contributed by atoms with Gasteiger partial charge in [0.2, 0.25) is 5.78 Å². The van der Waals surface area contributed by atoms with Crippen molar-refractivity contribution in [2.45, 2.75) is 13.0 Å². The van der Waals surface area contributed by atoms with E-state index in [4.69, 9.17) is 16.3 Å². The van der Waals surface area contributed by atoms with E-state index < -0.39 is 16.9 Å². The Hall–Kier alpha value is -3.71. The van der Waals surface area contributed by atoms with Crippen LogP contribution in [0.5, 0.6) is 5.75 Å². The Morgan fingerprint density at radius 1 is 1.00 bits per heavy atom. The molecule has 0 unspecified atom stereocenters. The van der Waals surface area contributed by atoms with Crippen molar-refractivity contribution in [3.05, 3.63) is 99.1 Å². The number of Topliss-reactive ketones (excluding diaryl/α,β-unsaturated/α-hetero) is 1. The molecule has 0 aliphatic heterocycles. The van der Waals surface area contributed by atoms with Gasteiger partial charge in [-0.1, -0.05) is 29.8 Å². The summed E-state index contributed by atoms with van der Waals surface area (Å²) >= 11 is 5.93. The van der Waals surface area contributed by atoms with Gasteiger partial charge in [0.25, 0.3) is 11.6 Å². The molecule has 0 aromatic heterocycles. The van der Waals surface area contributed by atoms with Crippen molar-refractivity contribution >= 4 is 34.7 Å². The Bertz CT molecular complexity index is 1100. The maximum atomic E-state index is 12.5. The Labute approximate surface area is 177 Å². The number of rotatable bonds is 7. The first-order chi connectivity index (χ1) is 14.3. The average Bonchev–Trinajstić information content (AvgIpc) is 2.73. The number of benzene rings is 3. The molecule has 8 heteroatoms. The van der Waals surface area contributed by atoms with Gasteiger partial charge < -0.3 is 10.1 Å². The Morgan fingerprint density at radius 3 is 2.37 bits per heavy atom. The van der Waals surface area contributed by atoms with E-state index in [0.29, 0.717) is 22.0 Å². The van der Waals surface area contributed by atoms with E-state index in [-0.39, 0.29) is 17.0 Å². The second-order valence-electron chi connectivity index (χ2n) is 6.42. The van der Waals surface area contributed by atoms with Crippen LogP contribution in [0.3, 0.4) is 0 Å². The maximum Gasteiger partial charge on any atom is 0.269 e. The van der Waals surface area contributed by atoms with Crippen LogP contribution in [0.25, 0.3) is 0 Å². The lowest BCUT2D eigenvalue weighted by Crippen LogP contribution is -2.24. The largest absolute Gasteiger partial charge is 0.482 e. The van der Waals surface area contributed by atoms with Gasteiger partial charge in [0, 0.05) is 40.0 Å². The van der Waals surface area contributed by atoms with Gasteiger partial charge in [0.15, 0.2) is 6.10 Å². The predicted molar refractivity (Wildman–Crippen MR) is 113 cm³/mol. The molecular weight excluding hydrogens is 408 g/mol. The SMILES string of the molecule is C[C@@H](Oc1cccc(NC(=O)c2ccc([N+](=O)[O-])cc2)c1)C(=O)c1cccc(Cl)c1. The summed E-state index contributed by atoms with van der Waals surface area (Å²) in [7, 11) is 0. The zero-order valence-electron chi connectivity index (χ0n) is 15.9. The van der Waals surface area contributed by atoms with Crippen LogP contribution in [0.15, 0.2) is 72.8 Å². The summed E-state index contributed by atoms with van der Waals surface area (Å²) < 4.78 is 5.72. The second kappa shape index (κ2) is 9.19. The molecule has 1 amide bonds. The summed E-state index contributed by atoms with van der Waals surface area (Å²) in [6.07, 6.45) is -0.760. The van der Waals surface area contributed by atoms with Crippen molar-refractivity contribution in [3.8, 4) is 5.75 Å². The van der Waals surface area contributed by atoms with Gasteiger partial charge in [-0.2, -0.15) is 0 Å². The molecule has 0 saturated heterocycles. The molecule has 3 aromatic rings. The van der Waals surface area contributed by atoms with Crippen LogP contribution in [0.4, 0.5) is 11.4 Å². The number of ether oxygens (including phenoxy) is 1. The van der Waals surface area contributed by atoms with Crippen LogP contribution in [0.2, 0.25) is 5.02 Å². The molecule has 0 heterocycles. The van der Waals surface area contributed by atoms with Crippen LogP contribution >= 0.6 is 11.6 Å². The summed E-state index contributed by atoms with van der Waals surface area (Å²) in [6, 6.07) is 18.5. The molecule has 0 spiro atoms. The molecule has 3 aromatic carbocycles. The standard InChI is InChI=1S/C22H17ClN2O5/c1-14(21(26)16-4-2-5-17(23)12-16)30-20-7-3-6-18(13-20)24-22(27)15-8-10-19(11-9-15)25(28)29/h2-14H,1H3,(H,24,27)/t14-/m1/s1. The van der Waals surface area contributed by atoms with Gasteiger partial charge >= 0.3 is 0 Å². The van der Waals surface area contributed by atoms with E-state index in [2.05, 4.69) is 5.32 Å². The summed E-state index contributed by atoms with van der Waals surface area (Å²) in [4.78, 5) is 35.1. The number of non-ortho nitro benzene ring substituents is 1. The van der Waals surface area contributed by atoms with Gasteiger partial charge in [-0.3, -0.25) is 19.7 Å². The number of carbonyl (C=O) groups is 2. The van der Waals surface area contributed by atoms with Crippen molar-refractivity contribution in [3.63, 3.8) is 0 Å². The molecule has 1 atom stereocenters. The molecule has 1 N–H and O–H groups in total.